The monoisotopic (exact) mass is 244 g/mol. The van der Waals surface area contributed by atoms with Crippen LogP contribution in [0.25, 0.3) is 0 Å². The molecule has 1 saturated heterocycles. The van der Waals surface area contributed by atoms with E-state index in [4.69, 9.17) is 5.73 Å². The molecule has 3 atom stereocenters. The fourth-order valence-corrected chi connectivity index (χ4v) is 3.27. The Morgan fingerprint density at radius 1 is 1.56 bits per heavy atom. The van der Waals surface area contributed by atoms with Crippen LogP contribution < -0.4 is 5.73 Å². The Balaban J connectivity index is 2.72. The zero-order chi connectivity index (χ0) is 12.3. The van der Waals surface area contributed by atoms with Crippen LogP contribution in [0.4, 0.5) is 0 Å². The largest absolute Gasteiger partial charge is 0.336 e. The third-order valence-electron chi connectivity index (χ3n) is 3.40. The Morgan fingerprint density at radius 2 is 2.19 bits per heavy atom. The summed E-state index contributed by atoms with van der Waals surface area (Å²) >= 11 is 1.94. The van der Waals surface area contributed by atoms with Crippen molar-refractivity contribution in [2.24, 2.45) is 5.73 Å². The van der Waals surface area contributed by atoms with Gasteiger partial charge in [-0.2, -0.15) is 11.8 Å². The third kappa shape index (κ3) is 2.92. The predicted molar refractivity (Wildman–Crippen MR) is 70.6 cm³/mol. The maximum absolute atomic E-state index is 12.4. The molecule has 0 aromatic carbocycles. The first-order valence-corrected chi connectivity index (χ1v) is 7.16. The van der Waals surface area contributed by atoms with E-state index in [1.165, 1.54) is 0 Å². The van der Waals surface area contributed by atoms with Crippen molar-refractivity contribution in [3.05, 3.63) is 0 Å². The van der Waals surface area contributed by atoms with E-state index < -0.39 is 5.54 Å². The summed E-state index contributed by atoms with van der Waals surface area (Å²) in [4.78, 5) is 14.3. The van der Waals surface area contributed by atoms with Crippen LogP contribution in [0.1, 0.15) is 40.5 Å². The lowest BCUT2D eigenvalue weighted by Gasteiger charge is -2.41. The molecule has 1 fully saturated rings. The second-order valence-electron chi connectivity index (χ2n) is 4.98. The first kappa shape index (κ1) is 13.8. The molecule has 0 radical (unpaired) electrons. The van der Waals surface area contributed by atoms with E-state index in [0.717, 1.165) is 25.1 Å². The number of thioether (sulfide) groups is 1. The van der Waals surface area contributed by atoms with E-state index in [9.17, 15) is 4.79 Å². The Kier molecular flexibility index (Phi) is 4.68. The van der Waals surface area contributed by atoms with Gasteiger partial charge in [-0.25, -0.2) is 0 Å². The molecule has 3 nitrogen and oxygen atoms in total. The quantitative estimate of drug-likeness (QED) is 0.824. The smallest absolute Gasteiger partial charge is 0.242 e. The van der Waals surface area contributed by atoms with Gasteiger partial charge in [0.25, 0.3) is 0 Å². The maximum Gasteiger partial charge on any atom is 0.242 e. The molecule has 0 spiro atoms. The first-order chi connectivity index (χ1) is 7.40. The second kappa shape index (κ2) is 5.41. The van der Waals surface area contributed by atoms with Crippen LogP contribution >= 0.6 is 11.8 Å². The number of rotatable bonds is 3. The molecule has 0 bridgehead atoms. The highest BCUT2D eigenvalue weighted by Crippen LogP contribution is 2.26. The van der Waals surface area contributed by atoms with Gasteiger partial charge in [-0.3, -0.25) is 4.79 Å². The first-order valence-electron chi connectivity index (χ1n) is 6.11. The standard InChI is InChI=1S/C12H24N2OS/c1-5-6-12(4,13)11(15)14-7-8-16-10(3)9(14)2/h9-10H,5-8,13H2,1-4H3. The molecule has 0 aromatic rings. The number of amides is 1. The van der Waals surface area contributed by atoms with Crippen molar-refractivity contribution in [1.29, 1.82) is 0 Å². The summed E-state index contributed by atoms with van der Waals surface area (Å²) < 4.78 is 0. The van der Waals surface area contributed by atoms with Gasteiger partial charge < -0.3 is 10.6 Å². The van der Waals surface area contributed by atoms with Crippen LogP contribution in [0, 0.1) is 0 Å². The molecule has 1 amide bonds. The molecule has 0 saturated carbocycles. The number of carbonyl (C=O) groups excluding carboxylic acids is 1. The van der Waals surface area contributed by atoms with Crippen molar-refractivity contribution in [2.75, 3.05) is 12.3 Å². The van der Waals surface area contributed by atoms with Gasteiger partial charge in [0.15, 0.2) is 0 Å². The molecule has 94 valence electrons. The third-order valence-corrected chi connectivity index (χ3v) is 4.74. The van der Waals surface area contributed by atoms with Crippen molar-refractivity contribution < 1.29 is 4.79 Å². The van der Waals surface area contributed by atoms with Crippen molar-refractivity contribution in [3.63, 3.8) is 0 Å². The molecular formula is C12H24N2OS. The molecule has 1 rings (SSSR count). The van der Waals surface area contributed by atoms with Gasteiger partial charge in [0, 0.05) is 23.6 Å². The zero-order valence-electron chi connectivity index (χ0n) is 10.8. The van der Waals surface area contributed by atoms with Crippen LogP contribution in [-0.4, -0.2) is 39.9 Å². The minimum absolute atomic E-state index is 0.119. The van der Waals surface area contributed by atoms with Gasteiger partial charge in [-0.05, 0) is 20.3 Å². The fraction of sp³-hybridized carbons (Fsp3) is 0.917. The van der Waals surface area contributed by atoms with Gasteiger partial charge >= 0.3 is 0 Å². The average molecular weight is 244 g/mol. The highest BCUT2D eigenvalue weighted by Gasteiger charge is 2.37. The molecule has 2 N–H and O–H groups in total. The highest BCUT2D eigenvalue weighted by molar-refractivity contribution is 8.00. The molecule has 0 aromatic heterocycles. The summed E-state index contributed by atoms with van der Waals surface area (Å²) in [7, 11) is 0. The van der Waals surface area contributed by atoms with Crippen LogP contribution in [0.3, 0.4) is 0 Å². The predicted octanol–water partition coefficient (Wildman–Crippen LogP) is 1.86. The summed E-state index contributed by atoms with van der Waals surface area (Å²) in [6.45, 7) is 9.07. The van der Waals surface area contributed by atoms with Gasteiger partial charge in [0.2, 0.25) is 5.91 Å². The highest BCUT2D eigenvalue weighted by atomic mass is 32.2. The van der Waals surface area contributed by atoms with Gasteiger partial charge in [0.1, 0.15) is 0 Å². The lowest BCUT2D eigenvalue weighted by Crippen LogP contribution is -2.59. The fourth-order valence-electron chi connectivity index (χ4n) is 2.17. The Morgan fingerprint density at radius 3 is 2.75 bits per heavy atom. The Labute approximate surface area is 103 Å². The lowest BCUT2D eigenvalue weighted by atomic mass is 9.94. The minimum Gasteiger partial charge on any atom is -0.336 e. The topological polar surface area (TPSA) is 46.3 Å². The Bertz CT molecular complexity index is 255. The summed E-state index contributed by atoms with van der Waals surface area (Å²) in [5.41, 5.74) is 5.42. The van der Waals surface area contributed by atoms with E-state index >= 15 is 0 Å². The van der Waals surface area contributed by atoms with E-state index in [1.54, 1.807) is 0 Å². The summed E-state index contributed by atoms with van der Waals surface area (Å²) in [6.07, 6.45) is 1.71. The second-order valence-corrected chi connectivity index (χ2v) is 6.47. The molecule has 1 aliphatic heterocycles. The summed E-state index contributed by atoms with van der Waals surface area (Å²) in [6, 6.07) is 0.297. The Hall–Kier alpha value is -0.220. The summed E-state index contributed by atoms with van der Waals surface area (Å²) in [5, 5.41) is 0.509. The molecule has 1 heterocycles. The van der Waals surface area contributed by atoms with Crippen molar-refractivity contribution >= 4 is 17.7 Å². The number of hydrogen-bond acceptors (Lipinski definition) is 3. The van der Waals surface area contributed by atoms with E-state index in [0.29, 0.717) is 11.3 Å². The van der Waals surface area contributed by atoms with Gasteiger partial charge in [-0.1, -0.05) is 20.3 Å². The van der Waals surface area contributed by atoms with Gasteiger partial charge in [0.05, 0.1) is 5.54 Å². The van der Waals surface area contributed by atoms with Crippen molar-refractivity contribution in [2.45, 2.75) is 57.4 Å². The number of nitrogens with two attached hydrogens (primary N) is 1. The number of nitrogens with zero attached hydrogens (tertiary/aromatic N) is 1. The van der Waals surface area contributed by atoms with Gasteiger partial charge in [-0.15, -0.1) is 0 Å². The SMILES string of the molecule is CCCC(C)(N)C(=O)N1CCSC(C)C1C. The molecular weight excluding hydrogens is 220 g/mol. The normalized spacial score (nSPS) is 29.9. The molecule has 0 aliphatic carbocycles. The number of hydrogen-bond donors (Lipinski definition) is 1. The van der Waals surface area contributed by atoms with Crippen molar-refractivity contribution in [1.82, 2.24) is 4.90 Å². The molecule has 4 heteroatoms. The summed E-state index contributed by atoms with van der Waals surface area (Å²) in [5.74, 6) is 1.15. The van der Waals surface area contributed by atoms with E-state index in [-0.39, 0.29) is 5.91 Å². The van der Waals surface area contributed by atoms with Crippen LogP contribution in [-0.2, 0) is 4.79 Å². The molecule has 16 heavy (non-hydrogen) atoms. The van der Waals surface area contributed by atoms with Crippen LogP contribution in [0.5, 0.6) is 0 Å². The lowest BCUT2D eigenvalue weighted by molar-refractivity contribution is -0.138. The van der Waals surface area contributed by atoms with Crippen molar-refractivity contribution in [3.8, 4) is 0 Å². The molecule has 3 unspecified atom stereocenters. The zero-order valence-corrected chi connectivity index (χ0v) is 11.6. The van der Waals surface area contributed by atoms with E-state index in [2.05, 4.69) is 20.8 Å². The van der Waals surface area contributed by atoms with E-state index in [1.807, 2.05) is 23.6 Å². The van der Waals surface area contributed by atoms with Crippen LogP contribution in [0.2, 0.25) is 0 Å². The molecule has 1 aliphatic rings. The maximum atomic E-state index is 12.4. The minimum atomic E-state index is -0.690. The average Bonchev–Trinajstić information content (AvgIpc) is 2.21. The number of carbonyl (C=O) groups is 1. The van der Waals surface area contributed by atoms with Crippen LogP contribution in [0.15, 0.2) is 0 Å².